The van der Waals surface area contributed by atoms with E-state index in [-0.39, 0.29) is 17.3 Å². The summed E-state index contributed by atoms with van der Waals surface area (Å²) in [5.41, 5.74) is 1.74. The molecule has 1 N–H and O–H groups in total. The third-order valence-corrected chi connectivity index (χ3v) is 7.02. The van der Waals surface area contributed by atoms with Crippen molar-refractivity contribution in [3.05, 3.63) is 53.1 Å². The number of amides is 1. The van der Waals surface area contributed by atoms with Crippen LogP contribution in [0, 0.1) is 0 Å². The van der Waals surface area contributed by atoms with Gasteiger partial charge in [-0.25, -0.2) is 8.42 Å². The van der Waals surface area contributed by atoms with Crippen molar-refractivity contribution >= 4 is 38.4 Å². The van der Waals surface area contributed by atoms with Gasteiger partial charge in [-0.05, 0) is 48.9 Å². The van der Waals surface area contributed by atoms with E-state index in [1.165, 1.54) is 12.1 Å². The number of H-pyrrole nitrogens is 1. The Morgan fingerprint density at radius 3 is 2.62 bits per heavy atom. The first-order chi connectivity index (χ1) is 12.4. The normalized spacial score (nSPS) is 17.7. The summed E-state index contributed by atoms with van der Waals surface area (Å²) in [5, 5.41) is 10.3. The van der Waals surface area contributed by atoms with E-state index in [4.69, 9.17) is 11.6 Å². The minimum Gasteiger partial charge on any atom is -0.337 e. The van der Waals surface area contributed by atoms with Crippen LogP contribution >= 0.6 is 11.6 Å². The molecule has 2 heterocycles. The molecular formula is C17H15ClN4O3S. The summed E-state index contributed by atoms with van der Waals surface area (Å²) in [4.78, 5) is 14.5. The molecule has 0 bridgehead atoms. The first-order valence-electron chi connectivity index (χ1n) is 8.04. The third kappa shape index (κ3) is 2.95. The van der Waals surface area contributed by atoms with Gasteiger partial charge in [0.2, 0.25) is 0 Å². The molecule has 1 saturated heterocycles. The number of nitrogens with zero attached hydrogens (tertiary/aromatic N) is 3. The van der Waals surface area contributed by atoms with E-state index in [0.717, 1.165) is 0 Å². The Labute approximate surface area is 154 Å². The van der Waals surface area contributed by atoms with Crippen LogP contribution in [0.25, 0.3) is 11.0 Å². The summed E-state index contributed by atoms with van der Waals surface area (Å²) >= 11 is 5.83. The van der Waals surface area contributed by atoms with Gasteiger partial charge in [0.05, 0.1) is 10.1 Å². The minimum absolute atomic E-state index is 0.167. The lowest BCUT2D eigenvalue weighted by molar-refractivity contribution is 0.0793. The molecule has 0 spiro atoms. The van der Waals surface area contributed by atoms with E-state index >= 15 is 0 Å². The van der Waals surface area contributed by atoms with Crippen LogP contribution in [-0.2, 0) is 9.84 Å². The molecule has 1 fully saturated rings. The number of fused-ring (bicyclic) bond motifs is 1. The van der Waals surface area contributed by atoms with Crippen molar-refractivity contribution < 1.29 is 13.2 Å². The first-order valence-corrected chi connectivity index (χ1v) is 9.97. The van der Waals surface area contributed by atoms with Crippen molar-refractivity contribution in [2.24, 2.45) is 0 Å². The Morgan fingerprint density at radius 1 is 1.12 bits per heavy atom. The van der Waals surface area contributed by atoms with Crippen LogP contribution < -0.4 is 0 Å². The van der Waals surface area contributed by atoms with Crippen LogP contribution in [-0.4, -0.2) is 53.0 Å². The summed E-state index contributed by atoms with van der Waals surface area (Å²) < 4.78 is 25.6. The molecule has 0 saturated carbocycles. The van der Waals surface area contributed by atoms with Crippen molar-refractivity contribution in [3.63, 3.8) is 0 Å². The molecule has 134 valence electrons. The molecule has 1 atom stereocenters. The Kier molecular flexibility index (Phi) is 4.16. The Balaban J connectivity index is 1.54. The quantitative estimate of drug-likeness (QED) is 0.740. The van der Waals surface area contributed by atoms with Gasteiger partial charge in [0.1, 0.15) is 11.0 Å². The zero-order chi connectivity index (χ0) is 18.3. The highest BCUT2D eigenvalue weighted by atomic mass is 35.5. The molecule has 4 rings (SSSR count). The third-order valence-electron chi connectivity index (χ3n) is 4.58. The molecule has 1 aliphatic rings. The Morgan fingerprint density at radius 2 is 1.85 bits per heavy atom. The van der Waals surface area contributed by atoms with E-state index in [2.05, 4.69) is 15.4 Å². The molecule has 1 aliphatic heterocycles. The van der Waals surface area contributed by atoms with E-state index in [9.17, 15) is 13.2 Å². The maximum Gasteiger partial charge on any atom is 0.253 e. The summed E-state index contributed by atoms with van der Waals surface area (Å²) in [6.07, 6.45) is 0.406. The number of aromatic amines is 1. The predicted octanol–water partition coefficient (Wildman–Crippen LogP) is 2.30. The largest absolute Gasteiger partial charge is 0.337 e. The van der Waals surface area contributed by atoms with E-state index < -0.39 is 15.1 Å². The standard InChI is InChI=1S/C17H15ClN4O3S/c18-12-2-4-13(5-3-12)26(24,25)14-7-8-22(10-14)17(23)11-1-6-15-16(9-11)20-21-19-15/h1-6,9,14H,7-8,10H2,(H,19,20,21). The monoisotopic (exact) mass is 390 g/mol. The van der Waals surface area contributed by atoms with Crippen LogP contribution in [0.5, 0.6) is 0 Å². The van der Waals surface area contributed by atoms with Crippen molar-refractivity contribution in [3.8, 4) is 0 Å². The fraction of sp³-hybridized carbons (Fsp3) is 0.235. The molecule has 0 radical (unpaired) electrons. The summed E-state index contributed by atoms with van der Waals surface area (Å²) in [7, 11) is -3.51. The molecule has 9 heteroatoms. The summed E-state index contributed by atoms with van der Waals surface area (Å²) in [6, 6.07) is 11.2. The summed E-state index contributed by atoms with van der Waals surface area (Å²) in [6.45, 7) is 0.563. The van der Waals surface area contributed by atoms with E-state index in [1.807, 2.05) is 0 Å². The van der Waals surface area contributed by atoms with Crippen molar-refractivity contribution in [1.29, 1.82) is 0 Å². The SMILES string of the molecule is O=C(c1ccc2n[nH]nc2c1)N1CCC(S(=O)(=O)c2ccc(Cl)cc2)C1. The molecule has 1 amide bonds. The highest BCUT2D eigenvalue weighted by Gasteiger charge is 2.36. The minimum atomic E-state index is -3.51. The molecule has 0 aliphatic carbocycles. The fourth-order valence-corrected chi connectivity index (χ4v) is 4.96. The molecule has 7 nitrogen and oxygen atoms in total. The van der Waals surface area contributed by atoms with Gasteiger partial charge in [0.25, 0.3) is 5.91 Å². The van der Waals surface area contributed by atoms with Crippen LogP contribution in [0.1, 0.15) is 16.8 Å². The van der Waals surface area contributed by atoms with E-state index in [1.54, 1.807) is 35.2 Å². The first kappa shape index (κ1) is 17.0. The smallest absolute Gasteiger partial charge is 0.253 e. The van der Waals surface area contributed by atoms with Gasteiger partial charge in [0.15, 0.2) is 9.84 Å². The number of likely N-dealkylation sites (tertiary alicyclic amines) is 1. The van der Waals surface area contributed by atoms with Gasteiger partial charge in [-0.2, -0.15) is 15.4 Å². The second-order valence-electron chi connectivity index (χ2n) is 6.19. The number of nitrogens with one attached hydrogen (secondary N) is 1. The number of hydrogen-bond acceptors (Lipinski definition) is 5. The number of rotatable bonds is 3. The zero-order valence-electron chi connectivity index (χ0n) is 13.6. The van der Waals surface area contributed by atoms with Gasteiger partial charge in [-0.15, -0.1) is 0 Å². The number of benzene rings is 2. The van der Waals surface area contributed by atoms with Crippen LogP contribution in [0.4, 0.5) is 0 Å². The Hall–Kier alpha value is -2.45. The average molecular weight is 391 g/mol. The predicted molar refractivity (Wildman–Crippen MR) is 96.8 cm³/mol. The molecule has 2 aromatic carbocycles. The fourth-order valence-electron chi connectivity index (χ4n) is 3.14. The molecule has 1 aromatic heterocycles. The highest BCUT2D eigenvalue weighted by molar-refractivity contribution is 7.92. The van der Waals surface area contributed by atoms with Crippen LogP contribution in [0.15, 0.2) is 47.4 Å². The lowest BCUT2D eigenvalue weighted by Gasteiger charge is -2.17. The van der Waals surface area contributed by atoms with Gasteiger partial charge in [-0.1, -0.05) is 11.6 Å². The molecule has 26 heavy (non-hydrogen) atoms. The lowest BCUT2D eigenvalue weighted by atomic mass is 10.2. The van der Waals surface area contributed by atoms with Crippen molar-refractivity contribution in [1.82, 2.24) is 20.3 Å². The van der Waals surface area contributed by atoms with Gasteiger partial charge >= 0.3 is 0 Å². The second-order valence-corrected chi connectivity index (χ2v) is 8.85. The maximum atomic E-state index is 12.8. The molecular weight excluding hydrogens is 376 g/mol. The Bertz CT molecular complexity index is 1080. The van der Waals surface area contributed by atoms with Crippen LogP contribution in [0.3, 0.4) is 0 Å². The number of aromatic nitrogens is 3. The van der Waals surface area contributed by atoms with Gasteiger partial charge < -0.3 is 4.90 Å². The number of halogens is 1. The maximum absolute atomic E-state index is 12.8. The number of carbonyl (C=O) groups is 1. The summed E-state index contributed by atoms with van der Waals surface area (Å²) in [5.74, 6) is -0.205. The van der Waals surface area contributed by atoms with Gasteiger partial charge in [0, 0.05) is 23.7 Å². The van der Waals surface area contributed by atoms with Crippen LogP contribution in [0.2, 0.25) is 5.02 Å². The number of hydrogen-bond donors (Lipinski definition) is 1. The van der Waals surface area contributed by atoms with Crippen molar-refractivity contribution in [2.45, 2.75) is 16.6 Å². The molecule has 3 aromatic rings. The highest BCUT2D eigenvalue weighted by Crippen LogP contribution is 2.26. The topological polar surface area (TPSA) is 96.0 Å². The second kappa shape index (κ2) is 6.37. The van der Waals surface area contributed by atoms with Gasteiger partial charge in [-0.3, -0.25) is 4.79 Å². The number of carbonyl (C=O) groups excluding carboxylic acids is 1. The average Bonchev–Trinajstić information content (AvgIpc) is 3.30. The van der Waals surface area contributed by atoms with E-state index in [0.29, 0.717) is 34.6 Å². The zero-order valence-corrected chi connectivity index (χ0v) is 15.2. The number of sulfone groups is 1. The lowest BCUT2D eigenvalue weighted by Crippen LogP contribution is -2.31. The molecule has 1 unspecified atom stereocenters. The van der Waals surface area contributed by atoms with Crippen molar-refractivity contribution in [2.75, 3.05) is 13.1 Å².